The lowest BCUT2D eigenvalue weighted by Gasteiger charge is -2.18. The van der Waals surface area contributed by atoms with Crippen LogP contribution in [0.15, 0.2) is 158 Å². The molecule has 0 aromatic rings. The summed E-state index contributed by atoms with van der Waals surface area (Å²) in [6, 6.07) is 0. The van der Waals surface area contributed by atoms with Crippen LogP contribution in [-0.2, 0) is 28.6 Å². The zero-order chi connectivity index (χ0) is 56.4. The number of rotatable bonds is 55. The molecule has 0 bridgehead atoms. The fourth-order valence-electron chi connectivity index (χ4n) is 8.14. The van der Waals surface area contributed by atoms with Crippen molar-refractivity contribution in [1.82, 2.24) is 0 Å². The molecule has 1 unspecified atom stereocenters. The first kappa shape index (κ1) is 73.0. The molecule has 0 radical (unpaired) electrons. The first-order valence-electron chi connectivity index (χ1n) is 31.5. The Bertz CT molecular complexity index is 1760. The van der Waals surface area contributed by atoms with Gasteiger partial charge in [-0.3, -0.25) is 14.4 Å². The number of carbonyl (C=O) groups excluding carboxylic acids is 3. The van der Waals surface area contributed by atoms with Crippen LogP contribution in [0.25, 0.3) is 0 Å². The van der Waals surface area contributed by atoms with Crippen LogP contribution in [0.3, 0.4) is 0 Å². The third-order valence-electron chi connectivity index (χ3n) is 12.8. The van der Waals surface area contributed by atoms with Crippen molar-refractivity contribution in [2.45, 2.75) is 264 Å². The van der Waals surface area contributed by atoms with Crippen molar-refractivity contribution in [3.05, 3.63) is 158 Å². The van der Waals surface area contributed by atoms with E-state index in [0.717, 1.165) is 135 Å². The average molecular weight is 1080 g/mol. The summed E-state index contributed by atoms with van der Waals surface area (Å²) in [5.41, 5.74) is 0. The largest absolute Gasteiger partial charge is 0.462 e. The van der Waals surface area contributed by atoms with Crippen molar-refractivity contribution in [2.24, 2.45) is 0 Å². The zero-order valence-electron chi connectivity index (χ0n) is 50.1. The Hall–Kier alpha value is -4.97. The van der Waals surface area contributed by atoms with Gasteiger partial charge in [0.25, 0.3) is 0 Å². The van der Waals surface area contributed by atoms with Crippen LogP contribution in [0, 0.1) is 0 Å². The smallest absolute Gasteiger partial charge is 0.306 e. The highest BCUT2D eigenvalue weighted by Gasteiger charge is 2.19. The Labute approximate surface area is 480 Å². The molecular weight excluding hydrogens is 961 g/mol. The Morgan fingerprint density at radius 2 is 0.513 bits per heavy atom. The second-order valence-electron chi connectivity index (χ2n) is 20.2. The van der Waals surface area contributed by atoms with Crippen LogP contribution in [0.4, 0.5) is 0 Å². The van der Waals surface area contributed by atoms with Gasteiger partial charge in [0, 0.05) is 19.3 Å². The summed E-state index contributed by atoms with van der Waals surface area (Å²) in [5, 5.41) is 0. The van der Waals surface area contributed by atoms with Gasteiger partial charge in [0.05, 0.1) is 0 Å². The molecule has 0 aliphatic rings. The van der Waals surface area contributed by atoms with Crippen molar-refractivity contribution < 1.29 is 28.6 Å². The lowest BCUT2D eigenvalue weighted by atomic mass is 10.1. The number of hydrogen-bond acceptors (Lipinski definition) is 6. The van der Waals surface area contributed by atoms with Gasteiger partial charge in [0.15, 0.2) is 6.10 Å². The van der Waals surface area contributed by atoms with Crippen molar-refractivity contribution in [3.8, 4) is 0 Å². The number of carbonyl (C=O) groups is 3. The average Bonchev–Trinajstić information content (AvgIpc) is 3.44. The van der Waals surface area contributed by atoms with Crippen LogP contribution in [0.5, 0.6) is 0 Å². The van der Waals surface area contributed by atoms with Gasteiger partial charge in [-0.1, -0.05) is 275 Å². The Kier molecular flexibility index (Phi) is 60.4. The van der Waals surface area contributed by atoms with E-state index in [1.165, 1.54) is 77.0 Å². The molecule has 0 fully saturated rings. The number of ether oxygens (including phenoxy) is 3. The third kappa shape index (κ3) is 61.9. The lowest BCUT2D eigenvalue weighted by Crippen LogP contribution is -2.30. The van der Waals surface area contributed by atoms with E-state index in [9.17, 15) is 14.4 Å². The maximum absolute atomic E-state index is 12.8. The molecule has 0 saturated carbocycles. The molecular formula is C72H114O6. The summed E-state index contributed by atoms with van der Waals surface area (Å²) in [4.78, 5) is 38.1. The van der Waals surface area contributed by atoms with Crippen molar-refractivity contribution in [3.63, 3.8) is 0 Å². The van der Waals surface area contributed by atoms with Gasteiger partial charge in [0.1, 0.15) is 13.2 Å². The molecule has 6 nitrogen and oxygen atoms in total. The first-order chi connectivity index (χ1) is 38.5. The second kappa shape index (κ2) is 64.6. The van der Waals surface area contributed by atoms with Crippen LogP contribution in [0.2, 0.25) is 0 Å². The molecule has 0 spiro atoms. The predicted octanol–water partition coefficient (Wildman–Crippen LogP) is 21.7. The summed E-state index contributed by atoms with van der Waals surface area (Å²) >= 11 is 0. The number of esters is 3. The molecule has 0 heterocycles. The van der Waals surface area contributed by atoms with Gasteiger partial charge in [-0.2, -0.15) is 0 Å². The van der Waals surface area contributed by atoms with Gasteiger partial charge in [-0.15, -0.1) is 0 Å². The molecule has 0 aliphatic carbocycles. The highest BCUT2D eigenvalue weighted by molar-refractivity contribution is 5.71. The highest BCUT2D eigenvalue weighted by Crippen LogP contribution is 2.14. The molecule has 0 aliphatic heterocycles. The Morgan fingerprint density at radius 3 is 0.821 bits per heavy atom. The quantitative estimate of drug-likeness (QED) is 0.0261. The van der Waals surface area contributed by atoms with Gasteiger partial charge in [-0.25, -0.2) is 0 Å². The maximum atomic E-state index is 12.8. The molecule has 0 aromatic heterocycles. The maximum Gasteiger partial charge on any atom is 0.306 e. The lowest BCUT2D eigenvalue weighted by molar-refractivity contribution is -0.167. The van der Waals surface area contributed by atoms with Crippen molar-refractivity contribution in [1.29, 1.82) is 0 Å². The standard InChI is InChI=1S/C72H114O6/c1-4-7-10-13-16-19-21-23-25-27-29-31-33-34-35-36-37-38-40-41-43-45-47-49-51-53-56-59-62-65-71(74)77-68-69(67-76-70(73)64-61-58-55-18-15-12-9-6-3)78-72(75)66-63-60-57-54-52-50-48-46-44-42-39-32-30-28-26-24-22-20-17-14-11-8-5-2/h7-8,10-11,16-17,19-20,23-26,29-32,34-35,37-38,42,44,48,50,54,57,69H,4-6,9,12-15,18,21-22,27-28,33,36,39-41,43,45-47,49,51-53,55-56,58-68H2,1-3H3/b10-7-,11-8-,19-16-,20-17-,25-23-,26-24-,31-29-,32-30-,35-34-,38-37-,44-42-,50-48-,57-54-. The summed E-state index contributed by atoms with van der Waals surface area (Å²) < 4.78 is 16.8. The minimum atomic E-state index is -0.815. The van der Waals surface area contributed by atoms with E-state index < -0.39 is 6.10 Å². The monoisotopic (exact) mass is 1070 g/mol. The molecule has 0 saturated heterocycles. The summed E-state index contributed by atoms with van der Waals surface area (Å²) in [6.07, 6.45) is 94.1. The normalized spacial score (nSPS) is 13.2. The molecule has 6 heteroatoms. The Morgan fingerprint density at radius 1 is 0.269 bits per heavy atom. The van der Waals surface area contributed by atoms with E-state index in [-0.39, 0.29) is 37.5 Å². The summed E-state index contributed by atoms with van der Waals surface area (Å²) in [6.45, 7) is 6.32. The van der Waals surface area contributed by atoms with E-state index in [1.54, 1.807) is 0 Å². The second-order valence-corrected chi connectivity index (χ2v) is 20.2. The summed E-state index contributed by atoms with van der Waals surface area (Å²) in [7, 11) is 0. The van der Waals surface area contributed by atoms with Gasteiger partial charge >= 0.3 is 17.9 Å². The minimum Gasteiger partial charge on any atom is -0.462 e. The number of hydrogen-bond donors (Lipinski definition) is 0. The first-order valence-corrected chi connectivity index (χ1v) is 31.5. The van der Waals surface area contributed by atoms with E-state index in [4.69, 9.17) is 14.2 Å². The van der Waals surface area contributed by atoms with E-state index in [1.807, 2.05) is 0 Å². The SMILES string of the molecule is CC/C=C\C/C=C\C/C=C\C/C=C\C/C=C\C/C=C\C/C=C\CCCC(=O)OC(COC(=O)CCCCCCCCCC)COC(=O)CCCCCCCCCCCC/C=C\C/C=C\C/C=C\C/C=C\C/C=C\C/C=C\CC. The molecule has 1 atom stereocenters. The fourth-order valence-corrected chi connectivity index (χ4v) is 8.14. The topological polar surface area (TPSA) is 78.9 Å². The van der Waals surface area contributed by atoms with Crippen LogP contribution >= 0.6 is 0 Å². The molecule has 0 N–H and O–H groups in total. The Balaban J connectivity index is 4.31. The highest BCUT2D eigenvalue weighted by atomic mass is 16.6. The van der Waals surface area contributed by atoms with Gasteiger partial charge < -0.3 is 14.2 Å². The zero-order valence-corrected chi connectivity index (χ0v) is 50.1. The number of allylic oxidation sites excluding steroid dienone is 26. The molecule has 0 rings (SSSR count). The van der Waals surface area contributed by atoms with Crippen LogP contribution < -0.4 is 0 Å². The third-order valence-corrected chi connectivity index (χ3v) is 12.8. The van der Waals surface area contributed by atoms with Crippen molar-refractivity contribution in [2.75, 3.05) is 13.2 Å². The van der Waals surface area contributed by atoms with E-state index in [2.05, 4.69) is 179 Å². The van der Waals surface area contributed by atoms with E-state index >= 15 is 0 Å². The fraction of sp³-hybridized carbons (Fsp3) is 0.597. The van der Waals surface area contributed by atoms with Crippen molar-refractivity contribution >= 4 is 17.9 Å². The molecule has 0 amide bonds. The number of unbranched alkanes of at least 4 members (excludes halogenated alkanes) is 18. The van der Waals surface area contributed by atoms with E-state index in [0.29, 0.717) is 19.3 Å². The van der Waals surface area contributed by atoms with Crippen LogP contribution in [0.1, 0.15) is 258 Å². The molecule has 438 valence electrons. The molecule has 78 heavy (non-hydrogen) atoms. The van der Waals surface area contributed by atoms with Crippen LogP contribution in [-0.4, -0.2) is 37.2 Å². The van der Waals surface area contributed by atoms with Gasteiger partial charge in [-0.05, 0) is 122 Å². The minimum absolute atomic E-state index is 0.107. The van der Waals surface area contributed by atoms with Gasteiger partial charge in [0.2, 0.25) is 0 Å². The summed E-state index contributed by atoms with van der Waals surface area (Å²) in [5.74, 6) is -0.980. The predicted molar refractivity (Wildman–Crippen MR) is 338 cm³/mol. The molecule has 0 aromatic carbocycles.